The molecule has 0 saturated heterocycles. The fourth-order valence-electron chi connectivity index (χ4n) is 0.264. The van der Waals surface area contributed by atoms with Crippen LogP contribution in [0.5, 0.6) is 0 Å². The lowest BCUT2D eigenvalue weighted by atomic mass is 10.4. The van der Waals surface area contributed by atoms with E-state index in [1.165, 1.54) is 0 Å². The highest BCUT2D eigenvalue weighted by Gasteiger charge is 1.84. The molecular weight excluding hydrogens is 112 g/mol. The van der Waals surface area contributed by atoms with Crippen LogP contribution in [0.2, 0.25) is 0 Å². The van der Waals surface area contributed by atoms with E-state index in [2.05, 4.69) is 10.2 Å². The van der Waals surface area contributed by atoms with E-state index in [4.69, 9.17) is 0 Å². The van der Waals surface area contributed by atoms with E-state index in [1.54, 1.807) is 0 Å². The van der Waals surface area contributed by atoms with Crippen LogP contribution in [-0.2, 0) is 0 Å². The summed E-state index contributed by atoms with van der Waals surface area (Å²) in [5.74, 6) is 0. The van der Waals surface area contributed by atoms with Crippen LogP contribution in [0.3, 0.4) is 0 Å². The highest BCUT2D eigenvalue weighted by Crippen LogP contribution is 1.96. The Morgan fingerprint density at radius 2 is 2.00 bits per heavy atom. The molecule has 0 N–H and O–H groups in total. The van der Waals surface area contributed by atoms with Gasteiger partial charge in [-0.05, 0) is 27.7 Å². The van der Waals surface area contributed by atoms with Crippen LogP contribution in [0.1, 0.15) is 27.7 Å². The minimum absolute atomic E-state index is 0.305. The number of allylic oxidation sites excluding steroid dienone is 2. The van der Waals surface area contributed by atoms with Crippen molar-refractivity contribution in [1.29, 1.82) is 0 Å². The first-order valence-corrected chi connectivity index (χ1v) is 3.20. The van der Waals surface area contributed by atoms with Gasteiger partial charge in [0.2, 0.25) is 0 Å². The van der Waals surface area contributed by atoms with Crippen molar-refractivity contribution in [1.82, 2.24) is 0 Å². The minimum atomic E-state index is 0.305. The molecule has 9 heavy (non-hydrogen) atoms. The molecule has 0 rings (SSSR count). The average Bonchev–Trinajstić information content (AvgIpc) is 1.83. The maximum atomic E-state index is 3.95. The fourth-order valence-corrected chi connectivity index (χ4v) is 0.264. The molecule has 0 aromatic heterocycles. The molecule has 0 atom stereocenters. The van der Waals surface area contributed by atoms with E-state index in [0.29, 0.717) is 6.04 Å². The van der Waals surface area contributed by atoms with Crippen molar-refractivity contribution in [3.8, 4) is 0 Å². The molecule has 0 saturated carbocycles. The summed E-state index contributed by atoms with van der Waals surface area (Å²) in [5, 5.41) is 7.88. The van der Waals surface area contributed by atoms with Gasteiger partial charge >= 0.3 is 0 Å². The smallest absolute Gasteiger partial charge is 0.0656 e. The molecule has 0 heterocycles. The predicted octanol–water partition coefficient (Wildman–Crippen LogP) is 2.77. The van der Waals surface area contributed by atoms with Crippen LogP contribution in [0.15, 0.2) is 22.0 Å². The molecule has 0 aromatic rings. The topological polar surface area (TPSA) is 24.7 Å². The summed E-state index contributed by atoms with van der Waals surface area (Å²) in [6.45, 7) is 7.90. The van der Waals surface area contributed by atoms with Gasteiger partial charge < -0.3 is 0 Å². The maximum absolute atomic E-state index is 3.95. The van der Waals surface area contributed by atoms with Crippen molar-refractivity contribution >= 4 is 0 Å². The monoisotopic (exact) mass is 126 g/mol. The SMILES string of the molecule is C/C=C(\C)N=NC(C)C. The summed E-state index contributed by atoms with van der Waals surface area (Å²) in [6.07, 6.45) is 1.94. The predicted molar refractivity (Wildman–Crippen MR) is 39.4 cm³/mol. The zero-order valence-electron chi connectivity index (χ0n) is 6.55. The van der Waals surface area contributed by atoms with Crippen molar-refractivity contribution < 1.29 is 0 Å². The van der Waals surface area contributed by atoms with E-state index >= 15 is 0 Å². The summed E-state index contributed by atoms with van der Waals surface area (Å²) >= 11 is 0. The number of azo groups is 1. The molecule has 0 bridgehead atoms. The first-order chi connectivity index (χ1) is 4.16. The average molecular weight is 126 g/mol. The number of hydrogen-bond donors (Lipinski definition) is 0. The molecule has 0 fully saturated rings. The Kier molecular flexibility index (Phi) is 3.93. The van der Waals surface area contributed by atoms with Crippen LogP contribution in [0.4, 0.5) is 0 Å². The standard InChI is InChI=1S/C7H14N2/c1-5-7(4)9-8-6(2)3/h5-6H,1-4H3/b7-5+,9-8?. The van der Waals surface area contributed by atoms with E-state index < -0.39 is 0 Å². The van der Waals surface area contributed by atoms with Crippen molar-refractivity contribution in [2.45, 2.75) is 33.7 Å². The van der Waals surface area contributed by atoms with Gasteiger partial charge in [0.05, 0.1) is 11.7 Å². The van der Waals surface area contributed by atoms with Crippen LogP contribution >= 0.6 is 0 Å². The lowest BCUT2D eigenvalue weighted by Gasteiger charge is -1.91. The van der Waals surface area contributed by atoms with E-state index in [9.17, 15) is 0 Å². The molecule has 2 heteroatoms. The van der Waals surface area contributed by atoms with Gasteiger partial charge in [-0.25, -0.2) is 0 Å². The molecule has 0 aromatic carbocycles. The Morgan fingerprint density at radius 3 is 2.33 bits per heavy atom. The van der Waals surface area contributed by atoms with Gasteiger partial charge in [-0.1, -0.05) is 6.08 Å². The summed E-state index contributed by atoms with van der Waals surface area (Å²) in [7, 11) is 0. The minimum Gasteiger partial charge on any atom is -0.186 e. The van der Waals surface area contributed by atoms with Crippen molar-refractivity contribution in [3.05, 3.63) is 11.8 Å². The number of nitrogens with zero attached hydrogens (tertiary/aromatic N) is 2. The first-order valence-electron chi connectivity index (χ1n) is 3.20. The summed E-state index contributed by atoms with van der Waals surface area (Å²) in [6, 6.07) is 0.305. The highest BCUT2D eigenvalue weighted by atomic mass is 15.1. The van der Waals surface area contributed by atoms with Gasteiger partial charge in [0.25, 0.3) is 0 Å². The second kappa shape index (κ2) is 4.24. The normalized spacial score (nSPS) is 13.7. The van der Waals surface area contributed by atoms with Crippen LogP contribution in [0.25, 0.3) is 0 Å². The zero-order valence-corrected chi connectivity index (χ0v) is 6.55. The van der Waals surface area contributed by atoms with Crippen molar-refractivity contribution in [3.63, 3.8) is 0 Å². The fraction of sp³-hybridized carbons (Fsp3) is 0.714. The second-order valence-corrected chi connectivity index (χ2v) is 2.24. The second-order valence-electron chi connectivity index (χ2n) is 2.24. The van der Waals surface area contributed by atoms with Crippen LogP contribution < -0.4 is 0 Å². The van der Waals surface area contributed by atoms with Gasteiger partial charge in [0, 0.05) is 0 Å². The van der Waals surface area contributed by atoms with E-state index in [-0.39, 0.29) is 0 Å². The van der Waals surface area contributed by atoms with Gasteiger partial charge in [0.1, 0.15) is 0 Å². The largest absolute Gasteiger partial charge is 0.186 e. The Morgan fingerprint density at radius 1 is 1.44 bits per heavy atom. The van der Waals surface area contributed by atoms with Crippen molar-refractivity contribution in [2.24, 2.45) is 10.2 Å². The summed E-state index contributed by atoms with van der Waals surface area (Å²) < 4.78 is 0. The third-order valence-electron chi connectivity index (χ3n) is 0.864. The summed E-state index contributed by atoms with van der Waals surface area (Å²) in [5.41, 5.74) is 0.976. The lowest BCUT2D eigenvalue weighted by molar-refractivity contribution is 0.766. The molecule has 52 valence electrons. The quantitative estimate of drug-likeness (QED) is 0.508. The Hall–Kier alpha value is -0.660. The lowest BCUT2D eigenvalue weighted by Crippen LogP contribution is -1.84. The number of hydrogen-bond acceptors (Lipinski definition) is 2. The molecular formula is C7H14N2. The molecule has 0 spiro atoms. The van der Waals surface area contributed by atoms with Crippen molar-refractivity contribution in [2.75, 3.05) is 0 Å². The molecule has 0 aliphatic heterocycles. The van der Waals surface area contributed by atoms with Gasteiger partial charge in [-0.2, -0.15) is 10.2 Å². The summed E-state index contributed by atoms with van der Waals surface area (Å²) in [4.78, 5) is 0. The Labute approximate surface area is 56.7 Å². The molecule has 0 aliphatic carbocycles. The van der Waals surface area contributed by atoms with Crippen LogP contribution in [-0.4, -0.2) is 6.04 Å². The van der Waals surface area contributed by atoms with Crippen LogP contribution in [0, 0.1) is 0 Å². The van der Waals surface area contributed by atoms with Gasteiger partial charge in [-0.3, -0.25) is 0 Å². The van der Waals surface area contributed by atoms with E-state index in [1.807, 2.05) is 33.8 Å². The first kappa shape index (κ1) is 8.34. The number of rotatable bonds is 2. The Balaban J connectivity index is 3.71. The molecule has 2 nitrogen and oxygen atoms in total. The molecule has 0 unspecified atom stereocenters. The maximum Gasteiger partial charge on any atom is 0.0656 e. The highest BCUT2D eigenvalue weighted by molar-refractivity contribution is 4.90. The molecule has 0 aliphatic rings. The third-order valence-corrected chi connectivity index (χ3v) is 0.864. The van der Waals surface area contributed by atoms with Gasteiger partial charge in [-0.15, -0.1) is 0 Å². The molecule has 0 radical (unpaired) electrons. The zero-order chi connectivity index (χ0) is 7.28. The Bertz CT molecular complexity index is 123. The molecule has 0 amide bonds. The van der Waals surface area contributed by atoms with E-state index in [0.717, 1.165) is 5.70 Å². The third kappa shape index (κ3) is 5.21. The van der Waals surface area contributed by atoms with Gasteiger partial charge in [0.15, 0.2) is 0 Å².